The lowest BCUT2D eigenvalue weighted by Gasteiger charge is -2.06. The SMILES string of the molecule is CCN=C=[N+](Cl)CCCN(C)C.Cl. The van der Waals surface area contributed by atoms with Gasteiger partial charge in [0.2, 0.25) is 0 Å². The third-order valence-electron chi connectivity index (χ3n) is 1.30. The van der Waals surface area contributed by atoms with E-state index >= 15 is 0 Å². The van der Waals surface area contributed by atoms with Gasteiger partial charge in [-0.15, -0.1) is 16.5 Å². The van der Waals surface area contributed by atoms with Crippen LogP contribution in [0.25, 0.3) is 0 Å². The monoisotopic (exact) mass is 226 g/mol. The summed E-state index contributed by atoms with van der Waals surface area (Å²) in [5.41, 5.74) is 0. The normalized spacial score (nSPS) is 9.00. The summed E-state index contributed by atoms with van der Waals surface area (Å²) in [6.45, 7) is 4.52. The molecule has 0 aromatic carbocycles. The van der Waals surface area contributed by atoms with Gasteiger partial charge < -0.3 is 4.90 Å². The van der Waals surface area contributed by atoms with Crippen molar-refractivity contribution in [3.8, 4) is 0 Å². The average Bonchev–Trinajstić information content (AvgIpc) is 2.00. The number of hydrogen-bond donors (Lipinski definition) is 0. The molecule has 0 atom stereocenters. The lowest BCUT2D eigenvalue weighted by molar-refractivity contribution is -0.365. The molecule has 0 radical (unpaired) electrons. The van der Waals surface area contributed by atoms with Crippen LogP contribution in [0.3, 0.4) is 0 Å². The first-order chi connectivity index (χ1) is 5.66. The summed E-state index contributed by atoms with van der Waals surface area (Å²) < 4.78 is 1.48. The van der Waals surface area contributed by atoms with Crippen molar-refractivity contribution in [1.29, 1.82) is 0 Å². The second-order valence-electron chi connectivity index (χ2n) is 2.82. The van der Waals surface area contributed by atoms with Crippen molar-refractivity contribution in [1.82, 2.24) is 4.90 Å². The van der Waals surface area contributed by atoms with Crippen molar-refractivity contribution < 1.29 is 4.09 Å². The zero-order valence-electron chi connectivity index (χ0n) is 8.46. The maximum atomic E-state index is 5.75. The molecule has 0 heterocycles. The van der Waals surface area contributed by atoms with Crippen LogP contribution in [0.1, 0.15) is 13.3 Å². The molecule has 78 valence electrons. The molecule has 3 nitrogen and oxygen atoms in total. The molecule has 0 fully saturated rings. The molecule has 0 N–H and O–H groups in total. The number of halogens is 2. The smallest absolute Gasteiger partial charge is 0.309 e. The first-order valence-corrected chi connectivity index (χ1v) is 4.50. The molecule has 0 aliphatic rings. The largest absolute Gasteiger partial charge is 0.325 e. The third kappa shape index (κ3) is 11.9. The van der Waals surface area contributed by atoms with Crippen LogP contribution in [-0.2, 0) is 0 Å². The zero-order chi connectivity index (χ0) is 9.40. The fraction of sp³-hybridized carbons (Fsp3) is 0.875. The fourth-order valence-electron chi connectivity index (χ4n) is 0.723. The summed E-state index contributed by atoms with van der Waals surface area (Å²) in [5.74, 6) is 0. The summed E-state index contributed by atoms with van der Waals surface area (Å²) >= 11 is 5.75. The van der Waals surface area contributed by atoms with Gasteiger partial charge in [-0.2, -0.15) is 0 Å². The van der Waals surface area contributed by atoms with Crippen LogP contribution in [0.2, 0.25) is 0 Å². The highest BCUT2D eigenvalue weighted by Gasteiger charge is 1.96. The molecular weight excluding hydrogens is 209 g/mol. The highest BCUT2D eigenvalue weighted by Crippen LogP contribution is 1.87. The van der Waals surface area contributed by atoms with Crippen molar-refractivity contribution in [3.05, 3.63) is 0 Å². The number of hydrogen-bond acceptors (Lipinski definition) is 2. The fourth-order valence-corrected chi connectivity index (χ4v) is 0.896. The van der Waals surface area contributed by atoms with Crippen LogP contribution < -0.4 is 0 Å². The van der Waals surface area contributed by atoms with Gasteiger partial charge in [0, 0.05) is 6.54 Å². The molecule has 0 rings (SSSR count). The minimum absolute atomic E-state index is 0. The van der Waals surface area contributed by atoms with E-state index in [2.05, 4.69) is 15.9 Å². The second kappa shape index (κ2) is 10.0. The lowest BCUT2D eigenvalue weighted by atomic mass is 10.4. The Labute approximate surface area is 91.6 Å². The van der Waals surface area contributed by atoms with Crippen molar-refractivity contribution in [3.63, 3.8) is 0 Å². The Morgan fingerprint density at radius 3 is 2.54 bits per heavy atom. The van der Waals surface area contributed by atoms with Gasteiger partial charge in [0.05, 0.1) is 0 Å². The van der Waals surface area contributed by atoms with Crippen molar-refractivity contribution >= 4 is 30.2 Å². The topological polar surface area (TPSA) is 18.6 Å². The Morgan fingerprint density at radius 1 is 1.46 bits per heavy atom. The van der Waals surface area contributed by atoms with Crippen molar-refractivity contribution in [2.75, 3.05) is 33.7 Å². The van der Waals surface area contributed by atoms with Gasteiger partial charge in [-0.25, -0.2) is 0 Å². The maximum absolute atomic E-state index is 5.75. The number of aliphatic imine (C=N–C) groups is 1. The van der Waals surface area contributed by atoms with Crippen LogP contribution >= 0.6 is 24.2 Å². The molecule has 13 heavy (non-hydrogen) atoms. The van der Waals surface area contributed by atoms with E-state index in [-0.39, 0.29) is 12.4 Å². The Hall–Kier alpha value is -0.0800. The van der Waals surface area contributed by atoms with Gasteiger partial charge in [0.15, 0.2) is 0 Å². The second-order valence-corrected chi connectivity index (χ2v) is 3.23. The Bertz CT molecular complexity index is 174. The van der Waals surface area contributed by atoms with Gasteiger partial charge in [-0.05, 0) is 32.4 Å². The van der Waals surface area contributed by atoms with E-state index in [1.54, 1.807) is 0 Å². The molecule has 0 aromatic heterocycles. The molecule has 0 aliphatic carbocycles. The van der Waals surface area contributed by atoms with Crippen LogP contribution in [0.15, 0.2) is 4.99 Å². The summed E-state index contributed by atoms with van der Waals surface area (Å²) in [6, 6.07) is 2.71. The van der Waals surface area contributed by atoms with E-state index in [4.69, 9.17) is 11.8 Å². The molecule has 0 bridgehead atoms. The molecular formula is C8H18Cl2N3+. The summed E-state index contributed by atoms with van der Waals surface area (Å²) in [7, 11) is 4.09. The molecule has 5 heteroatoms. The number of rotatable bonds is 5. The highest BCUT2D eigenvalue weighted by atomic mass is 35.5. The molecule has 0 amide bonds. The standard InChI is InChI=1S/C8H17ClN3.ClH/c1-4-10-8-12(9)7-5-6-11(2)3;/h4-7H2,1-3H3;1H/q+1;. The lowest BCUT2D eigenvalue weighted by Crippen LogP contribution is -2.16. The van der Waals surface area contributed by atoms with E-state index in [1.807, 2.05) is 21.0 Å². The molecule has 0 spiro atoms. The van der Waals surface area contributed by atoms with Crippen molar-refractivity contribution in [2.45, 2.75) is 13.3 Å². The van der Waals surface area contributed by atoms with E-state index in [0.717, 1.165) is 26.1 Å². The number of nitrogens with zero attached hydrogens (tertiary/aromatic N) is 3. The van der Waals surface area contributed by atoms with Crippen molar-refractivity contribution in [2.24, 2.45) is 4.99 Å². The average molecular weight is 227 g/mol. The molecule has 0 aliphatic heterocycles. The van der Waals surface area contributed by atoms with E-state index < -0.39 is 0 Å². The summed E-state index contributed by atoms with van der Waals surface area (Å²) in [5, 5.41) is 0. The molecule has 0 saturated carbocycles. The quantitative estimate of drug-likeness (QED) is 0.516. The highest BCUT2D eigenvalue weighted by molar-refractivity contribution is 6.06. The third-order valence-corrected chi connectivity index (χ3v) is 1.54. The Balaban J connectivity index is 0. The van der Waals surface area contributed by atoms with Gasteiger partial charge >= 0.3 is 6.01 Å². The van der Waals surface area contributed by atoms with E-state index in [0.29, 0.717) is 0 Å². The summed E-state index contributed by atoms with van der Waals surface area (Å²) in [6.07, 6.45) is 1.03. The van der Waals surface area contributed by atoms with Gasteiger partial charge in [-0.3, -0.25) is 0 Å². The van der Waals surface area contributed by atoms with Gasteiger partial charge in [-0.1, -0.05) is 0 Å². The minimum atomic E-state index is 0. The molecule has 0 saturated heterocycles. The Morgan fingerprint density at radius 2 is 2.08 bits per heavy atom. The van der Waals surface area contributed by atoms with Gasteiger partial charge in [0.1, 0.15) is 24.9 Å². The van der Waals surface area contributed by atoms with E-state index in [1.165, 1.54) is 4.09 Å². The minimum Gasteiger partial charge on any atom is -0.309 e. The summed E-state index contributed by atoms with van der Waals surface area (Å²) in [4.78, 5) is 6.03. The Kier molecular flexibility index (Phi) is 11.8. The molecule has 0 aromatic rings. The van der Waals surface area contributed by atoms with Crippen LogP contribution in [0, 0.1) is 0 Å². The molecule has 0 unspecified atom stereocenters. The zero-order valence-corrected chi connectivity index (χ0v) is 10.0. The predicted molar refractivity (Wildman–Crippen MR) is 59.4 cm³/mol. The van der Waals surface area contributed by atoms with E-state index in [9.17, 15) is 0 Å². The van der Waals surface area contributed by atoms with Gasteiger partial charge in [0.25, 0.3) is 0 Å². The first kappa shape index (κ1) is 15.4. The van der Waals surface area contributed by atoms with Crippen LogP contribution in [0.4, 0.5) is 0 Å². The predicted octanol–water partition coefficient (Wildman–Crippen LogP) is 1.72. The van der Waals surface area contributed by atoms with Crippen LogP contribution in [0.5, 0.6) is 0 Å². The van der Waals surface area contributed by atoms with Crippen LogP contribution in [-0.4, -0.2) is 48.7 Å². The maximum Gasteiger partial charge on any atom is 0.325 e. The first-order valence-electron chi connectivity index (χ1n) is 4.17.